The molecule has 27 heavy (non-hydrogen) atoms. The lowest BCUT2D eigenvalue weighted by Gasteiger charge is -2.18. The van der Waals surface area contributed by atoms with Crippen molar-refractivity contribution in [2.75, 3.05) is 20.3 Å². The summed E-state index contributed by atoms with van der Waals surface area (Å²) in [5.74, 6) is 1.46. The maximum absolute atomic E-state index is 12.8. The molecule has 0 spiro atoms. The van der Waals surface area contributed by atoms with Crippen LogP contribution in [0.5, 0.6) is 17.2 Å². The second-order valence-electron chi connectivity index (χ2n) is 5.85. The maximum atomic E-state index is 12.8. The van der Waals surface area contributed by atoms with Gasteiger partial charge in [0.2, 0.25) is 0 Å². The van der Waals surface area contributed by atoms with Gasteiger partial charge in [-0.15, -0.1) is 0 Å². The van der Waals surface area contributed by atoms with Gasteiger partial charge in [-0.2, -0.15) is 4.99 Å². The summed E-state index contributed by atoms with van der Waals surface area (Å²) in [5.41, 5.74) is 1.28. The summed E-state index contributed by atoms with van der Waals surface area (Å²) in [6.07, 6.45) is 0. The number of benzene rings is 2. The Morgan fingerprint density at radius 1 is 1.26 bits per heavy atom. The van der Waals surface area contributed by atoms with Crippen molar-refractivity contribution in [1.29, 1.82) is 0 Å². The molecule has 1 amide bonds. The van der Waals surface area contributed by atoms with E-state index in [2.05, 4.69) is 4.99 Å². The first kappa shape index (κ1) is 17.9. The third kappa shape index (κ3) is 3.28. The molecule has 140 valence electrons. The minimum absolute atomic E-state index is 0.330. The number of hydrogen-bond donors (Lipinski definition) is 0. The van der Waals surface area contributed by atoms with Gasteiger partial charge in [0, 0.05) is 23.7 Å². The zero-order chi connectivity index (χ0) is 19.0. The first-order chi connectivity index (χ1) is 13.1. The number of nitrogens with zero attached hydrogens (tertiary/aromatic N) is 2. The lowest BCUT2D eigenvalue weighted by atomic mass is 10.2. The molecule has 4 rings (SSSR count). The van der Waals surface area contributed by atoms with E-state index in [0.29, 0.717) is 52.4 Å². The van der Waals surface area contributed by atoms with Crippen molar-refractivity contribution in [2.45, 2.75) is 13.5 Å². The Morgan fingerprint density at radius 3 is 2.70 bits per heavy atom. The Kier molecular flexibility index (Phi) is 4.80. The normalized spacial score (nSPS) is 13.8. The maximum Gasteiger partial charge on any atom is 0.283 e. The lowest BCUT2D eigenvalue weighted by molar-refractivity contribution is 0.0995. The van der Waals surface area contributed by atoms with Crippen molar-refractivity contribution in [1.82, 2.24) is 4.57 Å². The van der Waals surface area contributed by atoms with Gasteiger partial charge in [-0.3, -0.25) is 4.79 Å². The fraction of sp³-hybridized carbons (Fsp3) is 0.263. The minimum atomic E-state index is -0.402. The van der Waals surface area contributed by atoms with Crippen LogP contribution in [0.1, 0.15) is 17.3 Å². The van der Waals surface area contributed by atoms with Crippen molar-refractivity contribution >= 4 is 39.1 Å². The number of carbonyl (C=O) groups excluding carboxylic acids is 1. The van der Waals surface area contributed by atoms with E-state index < -0.39 is 5.91 Å². The van der Waals surface area contributed by atoms with Crippen molar-refractivity contribution < 1.29 is 19.0 Å². The number of aryl methyl sites for hydroxylation is 1. The molecule has 0 fully saturated rings. The van der Waals surface area contributed by atoms with E-state index in [1.807, 2.05) is 23.6 Å². The van der Waals surface area contributed by atoms with Crippen LogP contribution in [0.2, 0.25) is 5.02 Å². The molecule has 0 unspecified atom stereocenters. The predicted molar refractivity (Wildman–Crippen MR) is 104 cm³/mol. The number of fused-ring (bicyclic) bond motifs is 2. The molecule has 0 radical (unpaired) electrons. The topological polar surface area (TPSA) is 62.1 Å². The fourth-order valence-corrected chi connectivity index (χ4v) is 4.27. The van der Waals surface area contributed by atoms with Crippen LogP contribution in [0, 0.1) is 0 Å². The quantitative estimate of drug-likeness (QED) is 0.664. The third-order valence-electron chi connectivity index (χ3n) is 4.25. The Bertz CT molecular complexity index is 1100. The van der Waals surface area contributed by atoms with Gasteiger partial charge in [-0.05, 0) is 25.1 Å². The highest BCUT2D eigenvalue weighted by molar-refractivity contribution is 7.16. The molecule has 1 aromatic heterocycles. The summed E-state index contributed by atoms with van der Waals surface area (Å²) < 4.78 is 19.5. The van der Waals surface area contributed by atoms with Gasteiger partial charge < -0.3 is 18.8 Å². The largest absolute Gasteiger partial charge is 0.496 e. The number of methoxy groups -OCH3 is 1. The van der Waals surface area contributed by atoms with Gasteiger partial charge >= 0.3 is 0 Å². The number of thiazole rings is 1. The van der Waals surface area contributed by atoms with Crippen LogP contribution in [0.25, 0.3) is 10.2 Å². The van der Waals surface area contributed by atoms with Crippen molar-refractivity contribution in [3.63, 3.8) is 0 Å². The zero-order valence-electron chi connectivity index (χ0n) is 14.8. The number of amides is 1. The average Bonchev–Trinajstić information content (AvgIpc) is 3.01. The average molecular weight is 405 g/mol. The van der Waals surface area contributed by atoms with E-state index in [1.165, 1.54) is 18.4 Å². The number of hydrogen-bond acceptors (Lipinski definition) is 5. The summed E-state index contributed by atoms with van der Waals surface area (Å²) in [5, 5.41) is 0.455. The lowest BCUT2D eigenvalue weighted by Crippen LogP contribution is -2.17. The van der Waals surface area contributed by atoms with Crippen LogP contribution in [-0.2, 0) is 6.54 Å². The van der Waals surface area contributed by atoms with Crippen LogP contribution in [0.15, 0.2) is 35.3 Å². The highest BCUT2D eigenvalue weighted by Gasteiger charge is 2.17. The molecule has 0 saturated heterocycles. The van der Waals surface area contributed by atoms with Gasteiger partial charge in [0.15, 0.2) is 16.3 Å². The van der Waals surface area contributed by atoms with Crippen LogP contribution in [0.3, 0.4) is 0 Å². The van der Waals surface area contributed by atoms with E-state index in [1.54, 1.807) is 18.2 Å². The highest BCUT2D eigenvalue weighted by Crippen LogP contribution is 2.35. The number of aromatic nitrogens is 1. The minimum Gasteiger partial charge on any atom is -0.496 e. The van der Waals surface area contributed by atoms with E-state index in [0.717, 1.165) is 10.2 Å². The van der Waals surface area contributed by atoms with E-state index in [-0.39, 0.29) is 0 Å². The predicted octanol–water partition coefficient (Wildman–Crippen LogP) is 3.90. The highest BCUT2D eigenvalue weighted by atomic mass is 35.5. The third-order valence-corrected chi connectivity index (χ3v) is 5.53. The van der Waals surface area contributed by atoms with Crippen LogP contribution >= 0.6 is 22.9 Å². The molecular formula is C19H17ClN2O4S. The number of halogens is 1. The Labute approximate surface area is 164 Å². The van der Waals surface area contributed by atoms with Gasteiger partial charge in [-0.1, -0.05) is 22.9 Å². The monoisotopic (exact) mass is 404 g/mol. The fourth-order valence-electron chi connectivity index (χ4n) is 2.99. The molecule has 2 aromatic carbocycles. The molecular weight excluding hydrogens is 388 g/mol. The standard InChI is InChI=1S/C19H17ClN2O4S/c1-3-22-13-9-15-16(26-7-6-25-15)10-17(13)27-19(22)21-18(23)12-8-11(20)4-5-14(12)24-2/h4-5,8-10H,3,6-7H2,1-2H3. The summed E-state index contributed by atoms with van der Waals surface area (Å²) in [4.78, 5) is 17.7. The van der Waals surface area contributed by atoms with Crippen LogP contribution in [-0.4, -0.2) is 30.8 Å². The number of rotatable bonds is 3. The van der Waals surface area contributed by atoms with Crippen LogP contribution in [0.4, 0.5) is 0 Å². The molecule has 0 N–H and O–H groups in total. The molecule has 8 heteroatoms. The molecule has 0 saturated carbocycles. The van der Waals surface area contributed by atoms with Crippen molar-refractivity contribution in [2.24, 2.45) is 4.99 Å². The summed E-state index contributed by atoms with van der Waals surface area (Å²) in [7, 11) is 1.51. The molecule has 2 heterocycles. The number of ether oxygens (including phenoxy) is 3. The first-order valence-corrected chi connectivity index (χ1v) is 9.65. The van der Waals surface area contributed by atoms with Crippen LogP contribution < -0.4 is 19.0 Å². The second-order valence-corrected chi connectivity index (χ2v) is 7.30. The van der Waals surface area contributed by atoms with Gasteiger partial charge in [-0.25, -0.2) is 0 Å². The molecule has 0 aliphatic carbocycles. The Hall–Kier alpha value is -2.51. The Morgan fingerprint density at radius 2 is 2.00 bits per heavy atom. The van der Waals surface area contributed by atoms with Gasteiger partial charge in [0.25, 0.3) is 5.91 Å². The van der Waals surface area contributed by atoms with E-state index in [9.17, 15) is 4.79 Å². The van der Waals surface area contributed by atoms with Gasteiger partial charge in [0.05, 0.1) is 22.9 Å². The smallest absolute Gasteiger partial charge is 0.283 e. The van der Waals surface area contributed by atoms with E-state index >= 15 is 0 Å². The molecule has 1 aliphatic heterocycles. The van der Waals surface area contributed by atoms with Crippen molar-refractivity contribution in [3.05, 3.63) is 45.7 Å². The zero-order valence-corrected chi connectivity index (χ0v) is 16.4. The SMILES string of the molecule is CCn1c(=NC(=O)c2cc(Cl)ccc2OC)sc2cc3c(cc21)OCCO3. The molecule has 1 aliphatic rings. The molecule has 6 nitrogen and oxygen atoms in total. The first-order valence-electron chi connectivity index (χ1n) is 8.46. The number of carbonyl (C=O) groups is 1. The molecule has 0 atom stereocenters. The second kappa shape index (κ2) is 7.25. The van der Waals surface area contributed by atoms with E-state index in [4.69, 9.17) is 25.8 Å². The molecule has 0 bridgehead atoms. The molecule has 3 aromatic rings. The van der Waals surface area contributed by atoms with Crippen molar-refractivity contribution in [3.8, 4) is 17.2 Å². The Balaban J connectivity index is 1.85. The van der Waals surface area contributed by atoms with Gasteiger partial charge in [0.1, 0.15) is 19.0 Å². The summed E-state index contributed by atoms with van der Waals surface area (Å²) in [6.45, 7) is 3.73. The summed E-state index contributed by atoms with van der Waals surface area (Å²) in [6, 6.07) is 8.77. The summed E-state index contributed by atoms with van der Waals surface area (Å²) >= 11 is 7.46.